The largest absolute Gasteiger partial charge is 0.497 e. The molecule has 0 fully saturated rings. The molecule has 2 unspecified atom stereocenters. The van der Waals surface area contributed by atoms with Gasteiger partial charge in [-0.1, -0.05) is 18.2 Å². The molecule has 3 aromatic rings. The number of amides is 2. The molecule has 1 aromatic heterocycles. The van der Waals surface area contributed by atoms with Crippen LogP contribution in [0.3, 0.4) is 0 Å². The number of hydrogen-bond donors (Lipinski definition) is 1. The minimum Gasteiger partial charge on any atom is -0.497 e. The number of hydrogen-bond acceptors (Lipinski definition) is 6. The quantitative estimate of drug-likeness (QED) is 0.606. The average molecular weight is 464 g/mol. The van der Waals surface area contributed by atoms with Crippen LogP contribution in [0.1, 0.15) is 45.8 Å². The predicted molar refractivity (Wildman–Crippen MR) is 128 cm³/mol. The number of benzene rings is 2. The van der Waals surface area contributed by atoms with Gasteiger partial charge >= 0.3 is 0 Å². The summed E-state index contributed by atoms with van der Waals surface area (Å²) in [4.78, 5) is 34.1. The summed E-state index contributed by atoms with van der Waals surface area (Å²) in [6.45, 7) is 2.09. The first-order valence-corrected chi connectivity index (χ1v) is 11.7. The first kappa shape index (κ1) is 21.5. The van der Waals surface area contributed by atoms with Crippen LogP contribution in [0.2, 0.25) is 0 Å². The molecule has 0 radical (unpaired) electrons. The summed E-state index contributed by atoms with van der Waals surface area (Å²) in [6.07, 6.45) is 2.40. The molecule has 1 aliphatic carbocycles. The number of anilines is 2. The first-order valence-electron chi connectivity index (χ1n) is 10.9. The van der Waals surface area contributed by atoms with Crippen molar-refractivity contribution in [2.45, 2.75) is 38.1 Å². The van der Waals surface area contributed by atoms with Crippen LogP contribution in [0.15, 0.2) is 42.5 Å². The summed E-state index contributed by atoms with van der Waals surface area (Å²) in [6, 6.07) is 13.2. The topological polar surface area (TPSA) is 80.8 Å². The van der Waals surface area contributed by atoms with E-state index in [1.54, 1.807) is 32.4 Å². The number of carbonyl (C=O) groups is 2. The van der Waals surface area contributed by atoms with E-state index in [9.17, 15) is 9.59 Å². The molecule has 0 saturated carbocycles. The van der Waals surface area contributed by atoms with Gasteiger partial charge in [-0.3, -0.25) is 14.9 Å². The second kappa shape index (κ2) is 8.51. The molecule has 0 saturated heterocycles. The Bertz CT molecular complexity index is 1220. The maximum atomic E-state index is 13.6. The van der Waals surface area contributed by atoms with Crippen LogP contribution in [0.25, 0.3) is 0 Å². The van der Waals surface area contributed by atoms with Crippen LogP contribution in [0, 0.1) is 0 Å². The van der Waals surface area contributed by atoms with Crippen molar-refractivity contribution in [3.05, 3.63) is 64.2 Å². The number of methoxy groups -OCH3 is 2. The van der Waals surface area contributed by atoms with E-state index < -0.39 is 0 Å². The van der Waals surface area contributed by atoms with Crippen LogP contribution >= 0.6 is 11.3 Å². The van der Waals surface area contributed by atoms with Crippen LogP contribution in [0.5, 0.6) is 11.5 Å². The van der Waals surface area contributed by atoms with E-state index >= 15 is 0 Å². The molecule has 170 valence electrons. The number of para-hydroxylation sites is 1. The lowest BCUT2D eigenvalue weighted by molar-refractivity contribution is -0.120. The molecule has 7 nitrogen and oxygen atoms in total. The van der Waals surface area contributed by atoms with Crippen molar-refractivity contribution in [3.63, 3.8) is 0 Å². The number of aromatic nitrogens is 1. The minimum absolute atomic E-state index is 0.0897. The van der Waals surface area contributed by atoms with Crippen LogP contribution < -0.4 is 19.7 Å². The molecule has 5 rings (SSSR count). The fourth-order valence-electron chi connectivity index (χ4n) is 4.70. The Kier molecular flexibility index (Phi) is 5.54. The summed E-state index contributed by atoms with van der Waals surface area (Å²) in [5, 5.41) is 3.38. The van der Waals surface area contributed by atoms with Crippen molar-refractivity contribution in [3.8, 4) is 11.5 Å². The zero-order valence-electron chi connectivity index (χ0n) is 18.8. The van der Waals surface area contributed by atoms with Gasteiger partial charge in [-0.05, 0) is 49.9 Å². The third-order valence-corrected chi connectivity index (χ3v) is 7.34. The summed E-state index contributed by atoms with van der Waals surface area (Å²) < 4.78 is 10.5. The Morgan fingerprint density at radius 3 is 2.58 bits per heavy atom. The second-order valence-electron chi connectivity index (χ2n) is 8.36. The number of nitrogens with zero attached hydrogens (tertiary/aromatic N) is 2. The van der Waals surface area contributed by atoms with Crippen LogP contribution in [-0.4, -0.2) is 37.1 Å². The van der Waals surface area contributed by atoms with Gasteiger partial charge in [0.2, 0.25) is 5.91 Å². The average Bonchev–Trinajstić information content (AvgIpc) is 3.49. The molecule has 2 aliphatic rings. The van der Waals surface area contributed by atoms with Gasteiger partial charge in [0.15, 0.2) is 5.13 Å². The summed E-state index contributed by atoms with van der Waals surface area (Å²) in [5.74, 6) is 0.572. The van der Waals surface area contributed by atoms with Crippen molar-refractivity contribution in [2.24, 2.45) is 0 Å². The van der Waals surface area contributed by atoms with Crippen molar-refractivity contribution >= 4 is 34.0 Å². The van der Waals surface area contributed by atoms with Gasteiger partial charge in [-0.15, -0.1) is 11.3 Å². The highest BCUT2D eigenvalue weighted by Crippen LogP contribution is 2.42. The molecule has 2 heterocycles. The number of rotatable bonds is 5. The van der Waals surface area contributed by atoms with Gasteiger partial charge in [-0.25, -0.2) is 4.98 Å². The van der Waals surface area contributed by atoms with Crippen molar-refractivity contribution in [1.82, 2.24) is 4.98 Å². The van der Waals surface area contributed by atoms with E-state index in [0.717, 1.165) is 35.5 Å². The molecule has 2 atom stereocenters. The third kappa shape index (κ3) is 3.84. The van der Waals surface area contributed by atoms with Gasteiger partial charge in [-0.2, -0.15) is 0 Å². The molecule has 2 aromatic carbocycles. The van der Waals surface area contributed by atoms with Crippen LogP contribution in [0.4, 0.5) is 10.8 Å². The van der Waals surface area contributed by atoms with Crippen molar-refractivity contribution in [2.75, 3.05) is 24.4 Å². The number of carbonyl (C=O) groups excluding carboxylic acids is 2. The van der Waals surface area contributed by atoms with E-state index in [-0.39, 0.29) is 23.8 Å². The monoisotopic (exact) mass is 463 g/mol. The van der Waals surface area contributed by atoms with E-state index in [0.29, 0.717) is 22.2 Å². The van der Waals surface area contributed by atoms with Gasteiger partial charge in [0.05, 0.1) is 25.8 Å². The van der Waals surface area contributed by atoms with E-state index in [1.165, 1.54) is 16.9 Å². The fourth-order valence-corrected chi connectivity index (χ4v) is 5.73. The molecular formula is C25H25N3O4S. The van der Waals surface area contributed by atoms with E-state index in [2.05, 4.69) is 23.3 Å². The van der Waals surface area contributed by atoms with Crippen LogP contribution in [-0.2, 0) is 17.6 Å². The Balaban J connectivity index is 1.36. The highest BCUT2D eigenvalue weighted by atomic mass is 32.1. The predicted octanol–water partition coefficient (Wildman–Crippen LogP) is 4.42. The lowest BCUT2D eigenvalue weighted by Crippen LogP contribution is -2.38. The number of fused-ring (bicyclic) bond motifs is 2. The van der Waals surface area contributed by atoms with Crippen molar-refractivity contribution < 1.29 is 19.1 Å². The molecule has 0 bridgehead atoms. The maximum Gasteiger partial charge on any atom is 0.257 e. The highest BCUT2D eigenvalue weighted by molar-refractivity contribution is 7.16. The zero-order chi connectivity index (χ0) is 23.1. The van der Waals surface area contributed by atoms with Gasteiger partial charge in [0.1, 0.15) is 11.5 Å². The second-order valence-corrected chi connectivity index (χ2v) is 9.45. The first-order chi connectivity index (χ1) is 16.0. The summed E-state index contributed by atoms with van der Waals surface area (Å²) in [5.41, 5.74) is 3.41. The van der Waals surface area contributed by atoms with Gasteiger partial charge < -0.3 is 14.4 Å². The number of nitrogens with one attached hydrogen (secondary N) is 1. The smallest absolute Gasteiger partial charge is 0.257 e. The lowest BCUT2D eigenvalue weighted by Gasteiger charge is -2.25. The molecule has 1 N–H and O–H groups in total. The molecule has 1 aliphatic heterocycles. The SMILES string of the molecule is COc1cc(OC)cc(C(=O)Nc2nc3c(s2)CCC3C(=O)N2c3ccccc3CC2C)c1. The number of ether oxygens (including phenoxy) is 2. The Morgan fingerprint density at radius 2 is 1.85 bits per heavy atom. The van der Waals surface area contributed by atoms with Gasteiger partial charge in [0, 0.05) is 28.2 Å². The van der Waals surface area contributed by atoms with E-state index in [1.807, 2.05) is 23.1 Å². The standard InChI is InChI=1S/C25H25N3O4S/c1-14-10-15-6-4-5-7-20(15)28(14)24(30)19-8-9-21-22(19)26-25(33-21)27-23(29)16-11-17(31-2)13-18(12-16)32-3/h4-7,11-14,19H,8-10H2,1-3H3,(H,26,27,29). The zero-order valence-corrected chi connectivity index (χ0v) is 19.6. The third-order valence-electron chi connectivity index (χ3n) is 6.29. The fraction of sp³-hybridized carbons (Fsp3) is 0.320. The molecular weight excluding hydrogens is 438 g/mol. The summed E-state index contributed by atoms with van der Waals surface area (Å²) in [7, 11) is 3.08. The van der Waals surface area contributed by atoms with Gasteiger partial charge in [0.25, 0.3) is 5.91 Å². The molecule has 2 amide bonds. The molecule has 0 spiro atoms. The molecule has 8 heteroatoms. The number of thiazole rings is 1. The summed E-state index contributed by atoms with van der Waals surface area (Å²) >= 11 is 1.44. The Hall–Kier alpha value is -3.39. The Labute approximate surface area is 196 Å². The Morgan fingerprint density at radius 1 is 1.12 bits per heavy atom. The number of aryl methyl sites for hydroxylation is 1. The normalized spacial score (nSPS) is 18.6. The lowest BCUT2D eigenvalue weighted by atomic mass is 10.0. The van der Waals surface area contributed by atoms with Crippen molar-refractivity contribution in [1.29, 1.82) is 0 Å². The minimum atomic E-state index is -0.301. The maximum absolute atomic E-state index is 13.6. The van der Waals surface area contributed by atoms with E-state index in [4.69, 9.17) is 9.47 Å². The highest BCUT2D eigenvalue weighted by Gasteiger charge is 2.40. The molecule has 33 heavy (non-hydrogen) atoms.